The van der Waals surface area contributed by atoms with E-state index in [2.05, 4.69) is 5.32 Å². The summed E-state index contributed by atoms with van der Waals surface area (Å²) in [6.45, 7) is 1.65. The van der Waals surface area contributed by atoms with E-state index in [0.29, 0.717) is 41.2 Å². The molecule has 3 nitrogen and oxygen atoms in total. The second-order valence-corrected chi connectivity index (χ2v) is 4.73. The van der Waals surface area contributed by atoms with Gasteiger partial charge >= 0.3 is 0 Å². The fraction of sp³-hybridized carbons (Fsp3) is 0.417. The number of carbonyl (C=O) groups is 1. The zero-order chi connectivity index (χ0) is 13.4. The topological polar surface area (TPSA) is 38.3 Å². The van der Waals surface area contributed by atoms with Crippen LogP contribution in [-0.2, 0) is 4.74 Å². The molecule has 0 atom stereocenters. The molecule has 0 radical (unpaired) electrons. The van der Waals surface area contributed by atoms with Crippen LogP contribution >= 0.6 is 34.8 Å². The molecule has 0 aliphatic rings. The third-order valence-corrected chi connectivity index (χ3v) is 3.05. The zero-order valence-electron chi connectivity index (χ0n) is 9.72. The SMILES string of the molecule is O=C(NCCCOCCCl)c1ccc(Cl)c(Cl)c1. The molecule has 1 N–H and O–H groups in total. The maximum Gasteiger partial charge on any atom is 0.251 e. The highest BCUT2D eigenvalue weighted by molar-refractivity contribution is 6.42. The number of alkyl halides is 1. The van der Waals surface area contributed by atoms with Crippen LogP contribution in [0.4, 0.5) is 0 Å². The lowest BCUT2D eigenvalue weighted by Gasteiger charge is -2.06. The van der Waals surface area contributed by atoms with E-state index in [1.807, 2.05) is 0 Å². The molecule has 0 aromatic heterocycles. The van der Waals surface area contributed by atoms with Gasteiger partial charge in [0.25, 0.3) is 5.91 Å². The summed E-state index contributed by atoms with van der Waals surface area (Å²) < 4.78 is 5.18. The highest BCUT2D eigenvalue weighted by Gasteiger charge is 2.07. The van der Waals surface area contributed by atoms with Gasteiger partial charge in [0.05, 0.1) is 16.7 Å². The van der Waals surface area contributed by atoms with E-state index in [1.165, 1.54) is 0 Å². The first kappa shape index (κ1) is 15.6. The highest BCUT2D eigenvalue weighted by Crippen LogP contribution is 2.22. The molecular weight excluding hydrogens is 296 g/mol. The molecule has 0 saturated carbocycles. The number of rotatable bonds is 7. The minimum absolute atomic E-state index is 0.175. The predicted octanol–water partition coefficient (Wildman–Crippen LogP) is 3.37. The minimum Gasteiger partial charge on any atom is -0.380 e. The van der Waals surface area contributed by atoms with Crippen molar-refractivity contribution in [3.05, 3.63) is 33.8 Å². The summed E-state index contributed by atoms with van der Waals surface area (Å²) in [5, 5.41) is 3.57. The van der Waals surface area contributed by atoms with Gasteiger partial charge in [0.2, 0.25) is 0 Å². The largest absolute Gasteiger partial charge is 0.380 e. The Morgan fingerprint density at radius 2 is 2.00 bits per heavy atom. The Hall–Kier alpha value is -0.480. The fourth-order valence-corrected chi connectivity index (χ4v) is 1.68. The Labute approximate surface area is 121 Å². The van der Waals surface area contributed by atoms with Crippen molar-refractivity contribution < 1.29 is 9.53 Å². The second kappa shape index (κ2) is 8.59. The van der Waals surface area contributed by atoms with Crippen LogP contribution in [0.5, 0.6) is 0 Å². The van der Waals surface area contributed by atoms with Gasteiger partial charge in [0.1, 0.15) is 0 Å². The number of benzene rings is 1. The number of carbonyl (C=O) groups excluding carboxylic acids is 1. The molecule has 0 aliphatic heterocycles. The molecule has 0 unspecified atom stereocenters. The van der Waals surface area contributed by atoms with Crippen molar-refractivity contribution in [3.63, 3.8) is 0 Å². The van der Waals surface area contributed by atoms with E-state index in [0.717, 1.165) is 6.42 Å². The molecule has 6 heteroatoms. The first-order valence-corrected chi connectivity index (χ1v) is 6.81. The van der Waals surface area contributed by atoms with Crippen molar-refractivity contribution in [2.45, 2.75) is 6.42 Å². The highest BCUT2D eigenvalue weighted by atomic mass is 35.5. The summed E-state index contributed by atoms with van der Waals surface area (Å²) in [6.07, 6.45) is 0.740. The molecule has 18 heavy (non-hydrogen) atoms. The lowest BCUT2D eigenvalue weighted by molar-refractivity contribution is 0.0944. The number of hydrogen-bond acceptors (Lipinski definition) is 2. The molecule has 1 amide bonds. The minimum atomic E-state index is -0.175. The number of hydrogen-bond donors (Lipinski definition) is 1. The van der Waals surface area contributed by atoms with Crippen LogP contribution in [0.2, 0.25) is 10.0 Å². The van der Waals surface area contributed by atoms with Crippen LogP contribution in [0.15, 0.2) is 18.2 Å². The van der Waals surface area contributed by atoms with Gasteiger partial charge in [-0.1, -0.05) is 23.2 Å². The molecule has 1 aromatic carbocycles. The van der Waals surface area contributed by atoms with Crippen LogP contribution in [0.1, 0.15) is 16.8 Å². The van der Waals surface area contributed by atoms with E-state index < -0.39 is 0 Å². The first-order chi connectivity index (χ1) is 8.65. The summed E-state index contributed by atoms with van der Waals surface area (Å²) in [5.74, 6) is 0.307. The van der Waals surface area contributed by atoms with E-state index >= 15 is 0 Å². The number of nitrogens with one attached hydrogen (secondary N) is 1. The van der Waals surface area contributed by atoms with Gasteiger partial charge in [0, 0.05) is 24.6 Å². The summed E-state index contributed by atoms with van der Waals surface area (Å²) in [7, 11) is 0. The second-order valence-electron chi connectivity index (χ2n) is 3.54. The average Bonchev–Trinajstić information content (AvgIpc) is 2.36. The summed E-state index contributed by atoms with van der Waals surface area (Å²) in [6, 6.07) is 4.78. The molecular formula is C12H14Cl3NO2. The van der Waals surface area contributed by atoms with Gasteiger partial charge in [-0.05, 0) is 24.6 Å². The van der Waals surface area contributed by atoms with Gasteiger partial charge in [-0.25, -0.2) is 0 Å². The molecule has 0 aliphatic carbocycles. The van der Waals surface area contributed by atoms with Crippen LogP contribution < -0.4 is 5.32 Å². The van der Waals surface area contributed by atoms with Gasteiger partial charge in [0.15, 0.2) is 0 Å². The molecule has 0 fully saturated rings. The lowest BCUT2D eigenvalue weighted by Crippen LogP contribution is -2.25. The van der Waals surface area contributed by atoms with Crippen LogP contribution in [0.3, 0.4) is 0 Å². The third-order valence-electron chi connectivity index (χ3n) is 2.15. The Morgan fingerprint density at radius 3 is 2.67 bits per heavy atom. The van der Waals surface area contributed by atoms with E-state index in [1.54, 1.807) is 18.2 Å². The van der Waals surface area contributed by atoms with E-state index in [4.69, 9.17) is 39.5 Å². The molecule has 0 bridgehead atoms. The van der Waals surface area contributed by atoms with Crippen molar-refractivity contribution in [1.29, 1.82) is 0 Å². The fourth-order valence-electron chi connectivity index (χ4n) is 1.27. The van der Waals surface area contributed by atoms with Gasteiger partial charge < -0.3 is 10.1 Å². The Morgan fingerprint density at radius 1 is 1.22 bits per heavy atom. The zero-order valence-corrected chi connectivity index (χ0v) is 12.0. The molecule has 0 spiro atoms. The maximum atomic E-state index is 11.7. The van der Waals surface area contributed by atoms with Crippen molar-refractivity contribution in [1.82, 2.24) is 5.32 Å². The molecule has 100 valence electrons. The van der Waals surface area contributed by atoms with Gasteiger partial charge in [-0.2, -0.15) is 0 Å². The average molecular weight is 311 g/mol. The van der Waals surface area contributed by atoms with Crippen molar-refractivity contribution >= 4 is 40.7 Å². The van der Waals surface area contributed by atoms with E-state index in [9.17, 15) is 4.79 Å². The molecule has 0 saturated heterocycles. The smallest absolute Gasteiger partial charge is 0.251 e. The predicted molar refractivity (Wildman–Crippen MR) is 75.0 cm³/mol. The Kier molecular flexibility index (Phi) is 7.44. The van der Waals surface area contributed by atoms with Crippen molar-refractivity contribution in [3.8, 4) is 0 Å². The monoisotopic (exact) mass is 309 g/mol. The van der Waals surface area contributed by atoms with Crippen LogP contribution in [0.25, 0.3) is 0 Å². The summed E-state index contributed by atoms with van der Waals surface area (Å²) in [5.41, 5.74) is 0.492. The number of ether oxygens (including phenoxy) is 1. The van der Waals surface area contributed by atoms with Crippen molar-refractivity contribution in [2.24, 2.45) is 0 Å². The normalized spacial score (nSPS) is 10.4. The third kappa shape index (κ3) is 5.44. The summed E-state index contributed by atoms with van der Waals surface area (Å²) in [4.78, 5) is 11.7. The van der Waals surface area contributed by atoms with Crippen molar-refractivity contribution in [2.75, 3.05) is 25.6 Å². The first-order valence-electron chi connectivity index (χ1n) is 5.52. The van der Waals surface area contributed by atoms with Gasteiger partial charge in [-0.15, -0.1) is 11.6 Å². The quantitative estimate of drug-likeness (QED) is 0.619. The molecule has 1 rings (SSSR count). The molecule has 1 aromatic rings. The number of amides is 1. The number of halogens is 3. The lowest BCUT2D eigenvalue weighted by atomic mass is 10.2. The Bertz CT molecular complexity index is 399. The molecule has 0 heterocycles. The van der Waals surface area contributed by atoms with Gasteiger partial charge in [-0.3, -0.25) is 4.79 Å². The van der Waals surface area contributed by atoms with E-state index in [-0.39, 0.29) is 5.91 Å². The van der Waals surface area contributed by atoms with Crippen LogP contribution in [0, 0.1) is 0 Å². The van der Waals surface area contributed by atoms with Crippen LogP contribution in [-0.4, -0.2) is 31.5 Å². The maximum absolute atomic E-state index is 11.7. The standard InChI is InChI=1S/C12H14Cl3NO2/c13-4-7-18-6-1-5-16-12(17)9-2-3-10(14)11(15)8-9/h2-3,8H,1,4-7H2,(H,16,17). The Balaban J connectivity index is 2.30. The summed E-state index contributed by atoms with van der Waals surface area (Å²) >= 11 is 17.1.